The Balaban J connectivity index is 2.51. The van der Waals surface area contributed by atoms with E-state index in [1.807, 2.05) is 19.9 Å². The first-order valence-electron chi connectivity index (χ1n) is 5.13. The van der Waals surface area contributed by atoms with Crippen molar-refractivity contribution in [3.8, 4) is 0 Å². The molecule has 0 unspecified atom stereocenters. The van der Waals surface area contributed by atoms with E-state index in [1.165, 1.54) is 11.8 Å². The molecule has 84 valence electrons. The molecule has 0 aromatic heterocycles. The van der Waals surface area contributed by atoms with Gasteiger partial charge in [0.1, 0.15) is 6.04 Å². The number of nitrogens with zero attached hydrogens (tertiary/aromatic N) is 1. The monoisotopic (exact) mass is 211 g/mol. The van der Waals surface area contributed by atoms with Crippen molar-refractivity contribution in [1.29, 1.82) is 0 Å². The minimum atomic E-state index is -0.527. The zero-order chi connectivity index (χ0) is 11.4. The Hall–Kier alpha value is -1.32. The normalized spacial score (nSPS) is 19.7. The van der Waals surface area contributed by atoms with Crippen LogP contribution in [0.15, 0.2) is 12.2 Å². The van der Waals surface area contributed by atoms with Crippen LogP contribution in [0.4, 0.5) is 0 Å². The van der Waals surface area contributed by atoms with Gasteiger partial charge in [-0.05, 0) is 5.92 Å². The van der Waals surface area contributed by atoms with Gasteiger partial charge in [-0.1, -0.05) is 26.0 Å². The van der Waals surface area contributed by atoms with Crippen LogP contribution in [0.5, 0.6) is 0 Å². The van der Waals surface area contributed by atoms with E-state index in [-0.39, 0.29) is 11.9 Å². The van der Waals surface area contributed by atoms with E-state index in [9.17, 15) is 9.59 Å². The molecular formula is C11H17NO3. The Morgan fingerprint density at radius 1 is 1.53 bits per heavy atom. The second-order valence-corrected chi connectivity index (χ2v) is 4.07. The smallest absolute Gasteiger partial charge is 0.332 e. The van der Waals surface area contributed by atoms with Gasteiger partial charge in [-0.25, -0.2) is 4.79 Å². The van der Waals surface area contributed by atoms with Gasteiger partial charge in [-0.2, -0.15) is 0 Å². The molecule has 0 saturated heterocycles. The van der Waals surface area contributed by atoms with Gasteiger partial charge in [0.25, 0.3) is 0 Å². The quantitative estimate of drug-likeness (QED) is 0.516. The summed E-state index contributed by atoms with van der Waals surface area (Å²) >= 11 is 0. The van der Waals surface area contributed by atoms with E-state index in [1.54, 1.807) is 6.08 Å². The van der Waals surface area contributed by atoms with Gasteiger partial charge in [0, 0.05) is 13.5 Å². The van der Waals surface area contributed by atoms with E-state index in [0.29, 0.717) is 19.1 Å². The van der Waals surface area contributed by atoms with Crippen LogP contribution in [0, 0.1) is 5.92 Å². The molecule has 15 heavy (non-hydrogen) atoms. The summed E-state index contributed by atoms with van der Waals surface area (Å²) in [6.07, 6.45) is 3.52. The summed E-state index contributed by atoms with van der Waals surface area (Å²) in [5.41, 5.74) is 0. The summed E-state index contributed by atoms with van der Waals surface area (Å²) in [4.78, 5) is 24.3. The predicted octanol–water partition coefficient (Wildman–Crippen LogP) is 0.972. The highest BCUT2D eigenvalue weighted by Gasteiger charge is 2.29. The number of carbonyl (C=O) groups is 2. The summed E-state index contributed by atoms with van der Waals surface area (Å²) in [6.45, 7) is 6.29. The summed E-state index contributed by atoms with van der Waals surface area (Å²) in [5.74, 6) is -0.135. The molecule has 4 heteroatoms. The molecule has 1 atom stereocenters. The van der Waals surface area contributed by atoms with Crippen LogP contribution >= 0.6 is 0 Å². The molecule has 1 aliphatic rings. The maximum absolute atomic E-state index is 11.6. The number of hydrogen-bond acceptors (Lipinski definition) is 3. The first kappa shape index (κ1) is 11.8. The third-order valence-corrected chi connectivity index (χ3v) is 2.16. The number of amides is 1. The summed E-state index contributed by atoms with van der Waals surface area (Å²) < 4.78 is 5.08. The maximum atomic E-state index is 11.6. The zero-order valence-corrected chi connectivity index (χ0v) is 9.40. The molecule has 0 N–H and O–H groups in total. The third-order valence-electron chi connectivity index (χ3n) is 2.16. The highest BCUT2D eigenvalue weighted by Crippen LogP contribution is 2.12. The molecule has 1 aliphatic heterocycles. The van der Waals surface area contributed by atoms with Gasteiger partial charge in [0.15, 0.2) is 0 Å². The lowest BCUT2D eigenvalue weighted by Crippen LogP contribution is -2.40. The summed E-state index contributed by atoms with van der Waals surface area (Å²) in [6, 6.07) is -0.527. The van der Waals surface area contributed by atoms with Gasteiger partial charge in [-0.3, -0.25) is 4.79 Å². The lowest BCUT2D eigenvalue weighted by atomic mass is 10.2. The molecular weight excluding hydrogens is 194 g/mol. The molecule has 0 spiro atoms. The second kappa shape index (κ2) is 4.96. The number of rotatable bonds is 3. The molecule has 1 rings (SSSR count). The lowest BCUT2D eigenvalue weighted by Gasteiger charge is -2.21. The SMILES string of the molecule is CC(=O)N1CC=C[C@H]1C(=O)OCC(C)C. The van der Waals surface area contributed by atoms with E-state index < -0.39 is 6.04 Å². The zero-order valence-electron chi connectivity index (χ0n) is 9.40. The van der Waals surface area contributed by atoms with Crippen molar-refractivity contribution >= 4 is 11.9 Å². The number of ether oxygens (including phenoxy) is 1. The van der Waals surface area contributed by atoms with Gasteiger partial charge in [-0.15, -0.1) is 0 Å². The first-order valence-corrected chi connectivity index (χ1v) is 5.13. The first-order chi connectivity index (χ1) is 7.02. The molecule has 0 fully saturated rings. The van der Waals surface area contributed by atoms with E-state index in [0.717, 1.165) is 0 Å². The lowest BCUT2D eigenvalue weighted by molar-refractivity contribution is -0.152. The molecule has 0 saturated carbocycles. The highest BCUT2D eigenvalue weighted by atomic mass is 16.5. The van der Waals surface area contributed by atoms with Gasteiger partial charge in [0.2, 0.25) is 5.91 Å². The average molecular weight is 211 g/mol. The van der Waals surface area contributed by atoms with Gasteiger partial charge in [0.05, 0.1) is 6.61 Å². The van der Waals surface area contributed by atoms with Crippen molar-refractivity contribution in [1.82, 2.24) is 4.90 Å². The number of hydrogen-bond donors (Lipinski definition) is 0. The van der Waals surface area contributed by atoms with E-state index in [4.69, 9.17) is 4.74 Å². The van der Waals surface area contributed by atoms with E-state index >= 15 is 0 Å². The Morgan fingerprint density at radius 2 is 2.20 bits per heavy atom. The number of esters is 1. The fraction of sp³-hybridized carbons (Fsp3) is 0.636. The molecule has 0 bridgehead atoms. The van der Waals surface area contributed by atoms with Crippen LogP contribution in [0.2, 0.25) is 0 Å². The van der Waals surface area contributed by atoms with Crippen molar-refractivity contribution in [2.45, 2.75) is 26.8 Å². The molecule has 0 aliphatic carbocycles. The number of carbonyl (C=O) groups excluding carboxylic acids is 2. The van der Waals surface area contributed by atoms with Crippen LogP contribution in [-0.4, -0.2) is 36.0 Å². The predicted molar refractivity (Wildman–Crippen MR) is 56.1 cm³/mol. The van der Waals surface area contributed by atoms with Gasteiger partial charge < -0.3 is 9.64 Å². The van der Waals surface area contributed by atoms with Crippen LogP contribution < -0.4 is 0 Å². The minimum Gasteiger partial charge on any atom is -0.464 e. The van der Waals surface area contributed by atoms with Crippen LogP contribution in [0.25, 0.3) is 0 Å². The summed E-state index contributed by atoms with van der Waals surface area (Å²) in [7, 11) is 0. The van der Waals surface area contributed by atoms with Crippen molar-refractivity contribution in [3.05, 3.63) is 12.2 Å². The minimum absolute atomic E-state index is 0.105. The van der Waals surface area contributed by atoms with Crippen LogP contribution in [-0.2, 0) is 14.3 Å². The molecule has 1 amide bonds. The topological polar surface area (TPSA) is 46.6 Å². The Morgan fingerprint density at radius 3 is 2.73 bits per heavy atom. The molecule has 1 heterocycles. The maximum Gasteiger partial charge on any atom is 0.332 e. The Kier molecular flexibility index (Phi) is 3.88. The average Bonchev–Trinajstić information content (AvgIpc) is 2.62. The van der Waals surface area contributed by atoms with Crippen LogP contribution in [0.1, 0.15) is 20.8 Å². The van der Waals surface area contributed by atoms with Crippen molar-refractivity contribution < 1.29 is 14.3 Å². The van der Waals surface area contributed by atoms with Crippen molar-refractivity contribution in [2.24, 2.45) is 5.92 Å². The van der Waals surface area contributed by atoms with Crippen molar-refractivity contribution in [2.75, 3.05) is 13.2 Å². The van der Waals surface area contributed by atoms with Gasteiger partial charge >= 0.3 is 5.97 Å². The Bertz CT molecular complexity index is 284. The standard InChI is InChI=1S/C11H17NO3/c1-8(2)7-15-11(14)10-5-4-6-12(10)9(3)13/h4-5,8,10H,6-7H2,1-3H3/t10-/m0/s1. The third kappa shape index (κ3) is 3.08. The molecule has 0 aromatic rings. The highest BCUT2D eigenvalue weighted by molar-refractivity contribution is 5.86. The van der Waals surface area contributed by atoms with Crippen molar-refractivity contribution in [3.63, 3.8) is 0 Å². The van der Waals surface area contributed by atoms with E-state index in [2.05, 4.69) is 0 Å². The largest absolute Gasteiger partial charge is 0.464 e. The molecule has 0 radical (unpaired) electrons. The van der Waals surface area contributed by atoms with Crippen LogP contribution in [0.3, 0.4) is 0 Å². The summed E-state index contributed by atoms with van der Waals surface area (Å²) in [5, 5.41) is 0. The molecule has 4 nitrogen and oxygen atoms in total. The fourth-order valence-corrected chi connectivity index (χ4v) is 1.39. The Labute approximate surface area is 89.9 Å². The molecule has 0 aromatic carbocycles. The second-order valence-electron chi connectivity index (χ2n) is 4.07. The fourth-order valence-electron chi connectivity index (χ4n) is 1.39.